The number of thiophene rings is 2. The molecule has 2 aromatic heterocycles. The Morgan fingerprint density at radius 3 is 2.46 bits per heavy atom. The fraction of sp³-hybridized carbons (Fsp3) is 0.400. The highest BCUT2D eigenvalue weighted by molar-refractivity contribution is 7.34. The summed E-state index contributed by atoms with van der Waals surface area (Å²) in [6, 6.07) is 17.4. The van der Waals surface area contributed by atoms with Gasteiger partial charge in [-0.05, 0) is 51.3 Å². The molecule has 0 aliphatic carbocycles. The van der Waals surface area contributed by atoms with E-state index in [4.69, 9.17) is 14.2 Å². The summed E-state index contributed by atoms with van der Waals surface area (Å²) in [4.78, 5) is 27.7. The first kappa shape index (κ1) is 27.4. The van der Waals surface area contributed by atoms with Crippen LogP contribution in [0.1, 0.15) is 48.8 Å². The van der Waals surface area contributed by atoms with Crippen LogP contribution in [0.5, 0.6) is 5.75 Å². The predicted molar refractivity (Wildman–Crippen MR) is 158 cm³/mol. The van der Waals surface area contributed by atoms with Crippen LogP contribution in [-0.4, -0.2) is 55.3 Å². The Morgan fingerprint density at radius 2 is 1.77 bits per heavy atom. The average molecular weight is 567 g/mol. The Morgan fingerprint density at radius 1 is 1.03 bits per heavy atom. The van der Waals surface area contributed by atoms with Gasteiger partial charge in [-0.15, -0.1) is 22.7 Å². The van der Waals surface area contributed by atoms with Gasteiger partial charge in [-0.1, -0.05) is 36.4 Å². The number of rotatable bonds is 8. The number of benzene rings is 2. The van der Waals surface area contributed by atoms with Gasteiger partial charge in [0.15, 0.2) is 17.2 Å². The largest absolute Gasteiger partial charge is 0.479 e. The monoisotopic (exact) mass is 566 g/mol. The number of anilines is 1. The molecule has 0 saturated carbocycles. The number of carbonyl (C=O) groups excluding carboxylic acids is 2. The number of fused-ring (bicyclic) bond motifs is 3. The molecule has 1 fully saturated rings. The third-order valence-electron chi connectivity index (χ3n) is 6.59. The number of carbonyl (C=O) groups is 2. The van der Waals surface area contributed by atoms with E-state index in [9.17, 15) is 9.59 Å². The Labute approximate surface area is 236 Å². The number of methoxy groups -OCH3 is 1. The van der Waals surface area contributed by atoms with Gasteiger partial charge >= 0.3 is 11.9 Å². The normalized spacial score (nSPS) is 15.0. The van der Waals surface area contributed by atoms with Crippen LogP contribution in [0.2, 0.25) is 0 Å². The van der Waals surface area contributed by atoms with Gasteiger partial charge in [0.05, 0.1) is 16.5 Å². The van der Waals surface area contributed by atoms with Gasteiger partial charge in [-0.25, -0.2) is 9.59 Å². The molecule has 9 heteroatoms. The molecule has 0 spiro atoms. The van der Waals surface area contributed by atoms with Crippen molar-refractivity contribution in [3.8, 4) is 5.75 Å². The van der Waals surface area contributed by atoms with Crippen molar-refractivity contribution < 1.29 is 23.8 Å². The summed E-state index contributed by atoms with van der Waals surface area (Å²) in [7, 11) is 1.34. The molecule has 0 radical (unpaired) electrons. The maximum absolute atomic E-state index is 12.5. The zero-order chi connectivity index (χ0) is 27.6. The van der Waals surface area contributed by atoms with Gasteiger partial charge in [0.2, 0.25) is 0 Å². The lowest BCUT2D eigenvalue weighted by Crippen LogP contribution is -2.38. The smallest absolute Gasteiger partial charge is 0.351 e. The number of piperidine rings is 1. The van der Waals surface area contributed by atoms with Crippen molar-refractivity contribution >= 4 is 59.8 Å². The second kappa shape index (κ2) is 11.5. The number of nitrogens with zero attached hydrogens (tertiary/aromatic N) is 1. The molecule has 39 heavy (non-hydrogen) atoms. The number of nitrogens with one attached hydrogen (secondary N) is 1. The van der Waals surface area contributed by atoms with Gasteiger partial charge < -0.3 is 19.5 Å². The lowest BCUT2D eigenvalue weighted by Gasteiger charge is -2.33. The summed E-state index contributed by atoms with van der Waals surface area (Å²) in [5, 5.41) is 4.78. The molecule has 3 heterocycles. The van der Waals surface area contributed by atoms with Crippen LogP contribution < -0.4 is 10.1 Å². The van der Waals surface area contributed by atoms with Gasteiger partial charge in [-0.3, -0.25) is 4.90 Å². The number of likely N-dealkylation sites (tertiary alicyclic amines) is 1. The Bertz CT molecular complexity index is 1460. The van der Waals surface area contributed by atoms with Gasteiger partial charge in [0.25, 0.3) is 0 Å². The Kier molecular flexibility index (Phi) is 8.11. The molecule has 1 aliphatic heterocycles. The number of esters is 2. The maximum atomic E-state index is 12.5. The zero-order valence-electron chi connectivity index (χ0n) is 22.7. The van der Waals surface area contributed by atoms with Gasteiger partial charge in [-0.2, -0.15) is 0 Å². The van der Waals surface area contributed by atoms with E-state index in [-0.39, 0.29) is 6.61 Å². The van der Waals surface area contributed by atoms with Crippen LogP contribution in [0, 0.1) is 0 Å². The minimum atomic E-state index is -0.616. The highest BCUT2D eigenvalue weighted by Gasteiger charge is 2.26. The molecule has 206 valence electrons. The molecule has 4 aromatic rings. The quantitative estimate of drug-likeness (QED) is 0.238. The molecule has 1 N–H and O–H groups in total. The van der Waals surface area contributed by atoms with Crippen molar-refractivity contribution in [2.75, 3.05) is 32.1 Å². The third-order valence-corrected chi connectivity index (χ3v) is 9.06. The average Bonchev–Trinajstić information content (AvgIpc) is 3.43. The highest BCUT2D eigenvalue weighted by atomic mass is 32.1. The summed E-state index contributed by atoms with van der Waals surface area (Å²) in [5.41, 5.74) is 1.83. The Hall–Kier alpha value is -3.14. The molecule has 0 bridgehead atoms. The van der Waals surface area contributed by atoms with E-state index in [2.05, 4.69) is 58.7 Å². The van der Waals surface area contributed by atoms with Crippen molar-refractivity contribution in [1.29, 1.82) is 0 Å². The predicted octanol–water partition coefficient (Wildman–Crippen LogP) is 6.70. The van der Waals surface area contributed by atoms with Crippen LogP contribution >= 0.6 is 22.7 Å². The summed E-state index contributed by atoms with van der Waals surface area (Å²) in [6.45, 7) is 8.27. The van der Waals surface area contributed by atoms with Crippen LogP contribution in [0.25, 0.3) is 19.5 Å². The topological polar surface area (TPSA) is 77.1 Å². The van der Waals surface area contributed by atoms with Crippen LogP contribution in [0.4, 0.5) is 5.69 Å². The number of hydrogen-bond donors (Lipinski definition) is 1. The fourth-order valence-electron chi connectivity index (χ4n) is 4.84. The third kappa shape index (κ3) is 6.54. The van der Waals surface area contributed by atoms with E-state index in [0.717, 1.165) is 57.6 Å². The van der Waals surface area contributed by atoms with Gasteiger partial charge in [0, 0.05) is 41.4 Å². The van der Waals surface area contributed by atoms with E-state index >= 15 is 0 Å². The molecule has 1 saturated heterocycles. The molecule has 0 atom stereocenters. The van der Waals surface area contributed by atoms with Crippen molar-refractivity contribution in [3.63, 3.8) is 0 Å². The molecule has 2 aromatic carbocycles. The van der Waals surface area contributed by atoms with E-state index < -0.39 is 17.5 Å². The standard InChI is InChI=1S/C30H34N2O5S2/c1-30(2,3)37-24(33)18-36-25-27-26(39-28(25)29(34)35-4)22-11-10-21(16-23(22)38-27)31-20-12-14-32(15-13-20)17-19-8-6-5-7-9-19/h5-11,16,20,31H,12-15,17-18H2,1-4H3. The zero-order valence-corrected chi connectivity index (χ0v) is 24.4. The summed E-state index contributed by atoms with van der Waals surface area (Å²) < 4.78 is 19.1. The van der Waals surface area contributed by atoms with Crippen molar-refractivity contribution in [2.45, 2.75) is 51.8 Å². The lowest BCUT2D eigenvalue weighted by atomic mass is 10.0. The number of hydrogen-bond acceptors (Lipinski definition) is 9. The fourth-order valence-corrected chi connectivity index (χ4v) is 7.46. The lowest BCUT2D eigenvalue weighted by molar-refractivity contribution is -0.157. The molecular weight excluding hydrogens is 532 g/mol. The van der Waals surface area contributed by atoms with Crippen molar-refractivity contribution in [2.24, 2.45) is 0 Å². The SMILES string of the molecule is COC(=O)c1sc2c(sc3cc(NC4CCN(Cc5ccccc5)CC4)ccc32)c1OCC(=O)OC(C)(C)C. The van der Waals surface area contributed by atoms with Crippen LogP contribution in [0.3, 0.4) is 0 Å². The molecular formula is C30H34N2O5S2. The summed E-state index contributed by atoms with van der Waals surface area (Å²) >= 11 is 2.89. The Balaban J connectivity index is 1.30. The van der Waals surface area contributed by atoms with Gasteiger partial charge in [0.1, 0.15) is 5.60 Å². The van der Waals surface area contributed by atoms with Crippen molar-refractivity contribution in [3.05, 3.63) is 59.0 Å². The maximum Gasteiger partial charge on any atom is 0.351 e. The second-order valence-electron chi connectivity index (χ2n) is 10.8. The van der Waals surface area contributed by atoms with E-state index in [1.807, 2.05) is 0 Å². The minimum Gasteiger partial charge on any atom is -0.479 e. The summed E-state index contributed by atoms with van der Waals surface area (Å²) in [6.07, 6.45) is 2.19. The van der Waals surface area contributed by atoms with Crippen LogP contribution in [0.15, 0.2) is 48.5 Å². The minimum absolute atomic E-state index is 0.281. The first-order valence-electron chi connectivity index (χ1n) is 13.1. The molecule has 1 aliphatic rings. The first-order valence-corrected chi connectivity index (χ1v) is 14.8. The number of ether oxygens (including phenoxy) is 3. The molecule has 5 rings (SSSR count). The van der Waals surface area contributed by atoms with E-state index in [1.165, 1.54) is 24.0 Å². The molecule has 0 amide bonds. The van der Waals surface area contributed by atoms with Crippen LogP contribution in [-0.2, 0) is 20.8 Å². The molecule has 7 nitrogen and oxygen atoms in total. The highest BCUT2D eigenvalue weighted by Crippen LogP contribution is 2.48. The van der Waals surface area contributed by atoms with E-state index in [1.54, 1.807) is 32.1 Å². The first-order chi connectivity index (χ1) is 18.7. The second-order valence-corrected chi connectivity index (χ2v) is 12.9. The van der Waals surface area contributed by atoms with E-state index in [0.29, 0.717) is 16.7 Å². The molecule has 0 unspecified atom stereocenters. The summed E-state index contributed by atoms with van der Waals surface area (Å²) in [5.74, 6) is -0.582. The van der Waals surface area contributed by atoms with Crippen molar-refractivity contribution in [1.82, 2.24) is 4.90 Å².